The Morgan fingerprint density at radius 1 is 1.29 bits per heavy atom. The van der Waals surface area contributed by atoms with Crippen molar-refractivity contribution in [1.29, 1.82) is 0 Å². The van der Waals surface area contributed by atoms with Crippen LogP contribution in [0.25, 0.3) is 10.8 Å². The third-order valence-electron chi connectivity index (χ3n) is 2.01. The molecule has 2 N–H and O–H groups in total. The molecule has 0 atom stereocenters. The Morgan fingerprint density at radius 3 is 2.79 bits per heavy atom. The van der Waals surface area contributed by atoms with E-state index in [1.165, 1.54) is 0 Å². The highest BCUT2D eigenvalue weighted by Gasteiger charge is 2.03. The Kier molecular flexibility index (Phi) is 2.17. The number of hydrogen-bond donors (Lipinski definition) is 1. The fourth-order valence-electron chi connectivity index (χ4n) is 1.32. The van der Waals surface area contributed by atoms with Crippen LogP contribution in [0.4, 0.5) is 5.82 Å². The van der Waals surface area contributed by atoms with E-state index in [4.69, 9.17) is 22.1 Å². The standard InChI is InChI=1S/C10H9ClN2O/c1-14-9-3-7-5-13-10(12)4-6(7)2-8(9)11/h2-5H,1H3,(H2,12,13). The lowest BCUT2D eigenvalue weighted by Crippen LogP contribution is -1.90. The van der Waals surface area contributed by atoms with Crippen molar-refractivity contribution in [3.8, 4) is 5.75 Å². The maximum atomic E-state index is 5.97. The normalized spacial score (nSPS) is 10.4. The van der Waals surface area contributed by atoms with Crippen LogP contribution >= 0.6 is 11.6 Å². The zero-order chi connectivity index (χ0) is 10.1. The summed E-state index contributed by atoms with van der Waals surface area (Å²) < 4.78 is 5.09. The van der Waals surface area contributed by atoms with Crippen LogP contribution in [0.15, 0.2) is 24.4 Å². The number of anilines is 1. The van der Waals surface area contributed by atoms with Crippen molar-refractivity contribution < 1.29 is 4.74 Å². The molecule has 3 nitrogen and oxygen atoms in total. The minimum absolute atomic E-state index is 0.485. The van der Waals surface area contributed by atoms with Gasteiger partial charge in [0.2, 0.25) is 0 Å². The Labute approximate surface area is 86.5 Å². The molecular formula is C10H9ClN2O. The third kappa shape index (κ3) is 1.46. The van der Waals surface area contributed by atoms with Crippen LogP contribution in [-0.4, -0.2) is 12.1 Å². The topological polar surface area (TPSA) is 48.1 Å². The summed E-state index contributed by atoms with van der Waals surface area (Å²) in [7, 11) is 1.58. The largest absolute Gasteiger partial charge is 0.495 e. The summed E-state index contributed by atoms with van der Waals surface area (Å²) in [5.41, 5.74) is 5.56. The molecule has 0 unspecified atom stereocenters. The first-order valence-electron chi connectivity index (χ1n) is 4.09. The Balaban J connectivity index is 2.73. The number of aromatic nitrogens is 1. The van der Waals surface area contributed by atoms with Crippen LogP contribution in [0.1, 0.15) is 0 Å². The van der Waals surface area contributed by atoms with Gasteiger partial charge in [0.05, 0.1) is 12.1 Å². The van der Waals surface area contributed by atoms with Gasteiger partial charge in [-0.3, -0.25) is 0 Å². The average molecular weight is 209 g/mol. The predicted octanol–water partition coefficient (Wildman–Crippen LogP) is 2.48. The smallest absolute Gasteiger partial charge is 0.138 e. The van der Waals surface area contributed by atoms with Gasteiger partial charge in [-0.05, 0) is 23.6 Å². The third-order valence-corrected chi connectivity index (χ3v) is 2.31. The average Bonchev–Trinajstić information content (AvgIpc) is 2.16. The van der Waals surface area contributed by atoms with Gasteiger partial charge >= 0.3 is 0 Å². The molecule has 0 saturated carbocycles. The first kappa shape index (κ1) is 9.09. The van der Waals surface area contributed by atoms with Gasteiger partial charge in [0, 0.05) is 11.6 Å². The molecule has 0 spiro atoms. The minimum Gasteiger partial charge on any atom is -0.495 e. The second kappa shape index (κ2) is 3.35. The Bertz CT molecular complexity index is 485. The van der Waals surface area contributed by atoms with Crippen molar-refractivity contribution >= 4 is 28.2 Å². The zero-order valence-corrected chi connectivity index (χ0v) is 8.38. The molecule has 1 aromatic carbocycles. The van der Waals surface area contributed by atoms with Gasteiger partial charge in [-0.1, -0.05) is 11.6 Å². The lowest BCUT2D eigenvalue weighted by atomic mass is 10.1. The van der Waals surface area contributed by atoms with Crippen LogP contribution in [0.2, 0.25) is 5.02 Å². The minimum atomic E-state index is 0.485. The van der Waals surface area contributed by atoms with Crippen molar-refractivity contribution in [3.05, 3.63) is 29.4 Å². The number of fused-ring (bicyclic) bond motifs is 1. The van der Waals surface area contributed by atoms with E-state index in [1.54, 1.807) is 19.4 Å². The number of nitrogens with zero attached hydrogens (tertiary/aromatic N) is 1. The quantitative estimate of drug-likeness (QED) is 0.783. The molecule has 2 aromatic rings. The van der Waals surface area contributed by atoms with Gasteiger partial charge < -0.3 is 10.5 Å². The summed E-state index contributed by atoms with van der Waals surface area (Å²) in [6.07, 6.45) is 1.70. The van der Waals surface area contributed by atoms with Gasteiger partial charge in [0.15, 0.2) is 0 Å². The van der Waals surface area contributed by atoms with Gasteiger partial charge in [0.1, 0.15) is 11.6 Å². The van der Waals surface area contributed by atoms with E-state index < -0.39 is 0 Å². The highest BCUT2D eigenvalue weighted by Crippen LogP contribution is 2.29. The highest BCUT2D eigenvalue weighted by atomic mass is 35.5. The van der Waals surface area contributed by atoms with Crippen molar-refractivity contribution in [3.63, 3.8) is 0 Å². The maximum absolute atomic E-state index is 5.97. The van der Waals surface area contributed by atoms with Crippen LogP contribution < -0.4 is 10.5 Å². The predicted molar refractivity (Wildman–Crippen MR) is 57.7 cm³/mol. The van der Waals surface area contributed by atoms with E-state index in [2.05, 4.69) is 4.98 Å². The number of hydrogen-bond acceptors (Lipinski definition) is 3. The molecule has 0 radical (unpaired) electrons. The monoisotopic (exact) mass is 208 g/mol. The number of halogens is 1. The van der Waals surface area contributed by atoms with E-state index in [0.717, 1.165) is 10.8 Å². The SMILES string of the molecule is COc1cc2cnc(N)cc2cc1Cl. The van der Waals surface area contributed by atoms with E-state index in [9.17, 15) is 0 Å². The fourth-order valence-corrected chi connectivity index (χ4v) is 1.57. The van der Waals surface area contributed by atoms with Crippen molar-refractivity contribution in [1.82, 2.24) is 4.98 Å². The molecule has 0 aliphatic heterocycles. The van der Waals surface area contributed by atoms with Crippen LogP contribution in [0, 0.1) is 0 Å². The molecule has 0 aliphatic carbocycles. The molecule has 0 fully saturated rings. The molecule has 0 aliphatic rings. The lowest BCUT2D eigenvalue weighted by Gasteiger charge is -2.05. The Hall–Kier alpha value is -1.48. The van der Waals surface area contributed by atoms with Gasteiger partial charge in [0.25, 0.3) is 0 Å². The molecule has 0 amide bonds. The molecule has 0 bridgehead atoms. The van der Waals surface area contributed by atoms with Crippen molar-refractivity contribution in [2.75, 3.05) is 12.8 Å². The van der Waals surface area contributed by atoms with Crippen molar-refractivity contribution in [2.45, 2.75) is 0 Å². The van der Waals surface area contributed by atoms with E-state index in [1.807, 2.05) is 12.1 Å². The summed E-state index contributed by atoms with van der Waals surface area (Å²) >= 11 is 5.97. The number of pyridine rings is 1. The van der Waals surface area contributed by atoms with Crippen LogP contribution in [-0.2, 0) is 0 Å². The van der Waals surface area contributed by atoms with Gasteiger partial charge in [-0.2, -0.15) is 0 Å². The number of methoxy groups -OCH3 is 1. The molecule has 4 heteroatoms. The molecule has 1 heterocycles. The summed E-state index contributed by atoms with van der Waals surface area (Å²) in [5.74, 6) is 1.13. The summed E-state index contributed by atoms with van der Waals surface area (Å²) in [6.45, 7) is 0. The summed E-state index contributed by atoms with van der Waals surface area (Å²) in [5, 5.41) is 2.49. The summed E-state index contributed by atoms with van der Waals surface area (Å²) in [6, 6.07) is 5.43. The Morgan fingerprint density at radius 2 is 2.07 bits per heavy atom. The molecular weight excluding hydrogens is 200 g/mol. The second-order valence-corrected chi connectivity index (χ2v) is 3.35. The maximum Gasteiger partial charge on any atom is 0.138 e. The van der Waals surface area contributed by atoms with Gasteiger partial charge in [-0.25, -0.2) is 4.98 Å². The first-order valence-corrected chi connectivity index (χ1v) is 4.47. The fraction of sp³-hybridized carbons (Fsp3) is 0.100. The van der Waals surface area contributed by atoms with Crippen LogP contribution in [0.3, 0.4) is 0 Å². The molecule has 1 aromatic heterocycles. The molecule has 0 saturated heterocycles. The van der Waals surface area contributed by atoms with Gasteiger partial charge in [-0.15, -0.1) is 0 Å². The second-order valence-electron chi connectivity index (χ2n) is 2.94. The van der Waals surface area contributed by atoms with E-state index in [-0.39, 0.29) is 0 Å². The summed E-state index contributed by atoms with van der Waals surface area (Å²) in [4.78, 5) is 3.99. The van der Waals surface area contributed by atoms with Crippen LogP contribution in [0.5, 0.6) is 5.75 Å². The highest BCUT2D eigenvalue weighted by molar-refractivity contribution is 6.32. The van der Waals surface area contributed by atoms with E-state index in [0.29, 0.717) is 16.6 Å². The van der Waals surface area contributed by atoms with Crippen molar-refractivity contribution in [2.24, 2.45) is 0 Å². The molecule has 14 heavy (non-hydrogen) atoms. The number of nitrogens with two attached hydrogens (primary N) is 1. The number of nitrogen functional groups attached to an aromatic ring is 1. The lowest BCUT2D eigenvalue weighted by molar-refractivity contribution is 0.415. The number of benzene rings is 1. The van der Waals surface area contributed by atoms with E-state index >= 15 is 0 Å². The first-order chi connectivity index (χ1) is 6.70. The zero-order valence-electron chi connectivity index (χ0n) is 7.62. The molecule has 2 rings (SSSR count). The number of ether oxygens (including phenoxy) is 1. The molecule has 72 valence electrons. The number of rotatable bonds is 1.